The molecule has 0 radical (unpaired) electrons. The van der Waals surface area contributed by atoms with Gasteiger partial charge in [0.2, 0.25) is 0 Å². The first-order valence-corrected chi connectivity index (χ1v) is 5.75. The van der Waals surface area contributed by atoms with Crippen molar-refractivity contribution in [2.24, 2.45) is 11.8 Å². The van der Waals surface area contributed by atoms with E-state index in [0.29, 0.717) is 13.2 Å². The monoisotopic (exact) mass is 258 g/mol. The Hall–Kier alpha value is -1.72. The third-order valence-corrected chi connectivity index (χ3v) is 2.73. The fraction of sp³-hybridized carbons (Fsp3) is 0.667. The van der Waals surface area contributed by atoms with E-state index in [0.717, 1.165) is 12.8 Å². The summed E-state index contributed by atoms with van der Waals surface area (Å²) in [7, 11) is 2.55. The topological polar surface area (TPSA) is 71.1 Å². The van der Waals surface area contributed by atoms with Gasteiger partial charge >= 0.3 is 12.3 Å². The molecule has 0 aliphatic heterocycles. The van der Waals surface area contributed by atoms with Gasteiger partial charge in [-0.3, -0.25) is 0 Å². The second-order valence-corrected chi connectivity index (χ2v) is 4.01. The van der Waals surface area contributed by atoms with E-state index in [1.165, 1.54) is 14.2 Å². The maximum Gasteiger partial charge on any atom is 0.507 e. The number of methoxy groups -OCH3 is 2. The molecule has 102 valence electrons. The quantitative estimate of drug-likeness (QED) is 0.568. The number of hydrogen-bond acceptors (Lipinski definition) is 6. The molecular formula is C12H18O6. The van der Waals surface area contributed by atoms with Crippen molar-refractivity contribution in [3.63, 3.8) is 0 Å². The third-order valence-electron chi connectivity index (χ3n) is 2.73. The standard InChI is InChI=1S/C12H18O6/c1-15-11(13)17-7-9-3-5-10(6-4-9)8-18-12(14)16-2/h3,5,9-10H,4,6-8H2,1-2H3/t9-,10+. The Bertz CT molecular complexity index is 282. The minimum Gasteiger partial charge on any atom is -0.438 e. The van der Waals surface area contributed by atoms with Gasteiger partial charge in [-0.25, -0.2) is 9.59 Å². The molecule has 6 nitrogen and oxygen atoms in total. The maximum atomic E-state index is 10.8. The van der Waals surface area contributed by atoms with Crippen molar-refractivity contribution in [2.45, 2.75) is 12.8 Å². The first kappa shape index (κ1) is 14.3. The van der Waals surface area contributed by atoms with Gasteiger partial charge in [-0.15, -0.1) is 0 Å². The first-order valence-electron chi connectivity index (χ1n) is 5.75. The summed E-state index contributed by atoms with van der Waals surface area (Å²) in [6.45, 7) is 0.626. The average molecular weight is 258 g/mol. The molecule has 2 atom stereocenters. The SMILES string of the molecule is COC(=O)OC[C@@H]1C=C[C@H](COC(=O)OC)CC1. The van der Waals surface area contributed by atoms with Crippen molar-refractivity contribution in [3.05, 3.63) is 12.2 Å². The lowest BCUT2D eigenvalue weighted by Gasteiger charge is -2.21. The molecule has 0 saturated heterocycles. The summed E-state index contributed by atoms with van der Waals surface area (Å²) in [6.07, 6.45) is 4.36. The molecule has 1 aliphatic carbocycles. The van der Waals surface area contributed by atoms with Crippen LogP contribution in [0.2, 0.25) is 0 Å². The first-order chi connectivity index (χ1) is 8.65. The fourth-order valence-electron chi connectivity index (χ4n) is 1.68. The van der Waals surface area contributed by atoms with Crippen molar-refractivity contribution in [1.82, 2.24) is 0 Å². The molecule has 0 N–H and O–H groups in total. The molecule has 0 bridgehead atoms. The van der Waals surface area contributed by atoms with Gasteiger partial charge in [0.15, 0.2) is 0 Å². The maximum absolute atomic E-state index is 10.8. The van der Waals surface area contributed by atoms with E-state index in [-0.39, 0.29) is 11.8 Å². The van der Waals surface area contributed by atoms with Gasteiger partial charge in [0.1, 0.15) is 13.2 Å². The summed E-state index contributed by atoms with van der Waals surface area (Å²) >= 11 is 0. The Balaban J connectivity index is 2.23. The number of ether oxygens (including phenoxy) is 4. The van der Waals surface area contributed by atoms with Gasteiger partial charge in [-0.2, -0.15) is 0 Å². The molecular weight excluding hydrogens is 240 g/mol. The normalized spacial score (nSPS) is 22.1. The Morgan fingerprint density at radius 2 is 1.33 bits per heavy atom. The second kappa shape index (κ2) is 7.58. The predicted octanol–water partition coefficient (Wildman–Crippen LogP) is 2.13. The Kier molecular flexibility index (Phi) is 6.04. The highest BCUT2D eigenvalue weighted by molar-refractivity contribution is 5.59. The molecule has 1 rings (SSSR count). The molecule has 0 aromatic rings. The minimum atomic E-state index is -0.667. The van der Waals surface area contributed by atoms with Crippen LogP contribution < -0.4 is 0 Å². The highest BCUT2D eigenvalue weighted by atomic mass is 16.7. The van der Waals surface area contributed by atoms with Crippen LogP contribution in [0.15, 0.2) is 12.2 Å². The fourth-order valence-corrected chi connectivity index (χ4v) is 1.68. The van der Waals surface area contributed by atoms with Crippen LogP contribution in [-0.2, 0) is 18.9 Å². The van der Waals surface area contributed by atoms with Crippen LogP contribution in [0.3, 0.4) is 0 Å². The smallest absolute Gasteiger partial charge is 0.438 e. The molecule has 0 spiro atoms. The number of rotatable bonds is 4. The van der Waals surface area contributed by atoms with Crippen molar-refractivity contribution in [3.8, 4) is 0 Å². The molecule has 1 aliphatic rings. The van der Waals surface area contributed by atoms with E-state index in [4.69, 9.17) is 9.47 Å². The van der Waals surface area contributed by atoms with Crippen LogP contribution in [0.4, 0.5) is 9.59 Å². The highest BCUT2D eigenvalue weighted by Gasteiger charge is 2.18. The van der Waals surface area contributed by atoms with Gasteiger partial charge in [0.05, 0.1) is 14.2 Å². The molecule has 0 aromatic heterocycles. The van der Waals surface area contributed by atoms with E-state index in [1.807, 2.05) is 12.2 Å². The van der Waals surface area contributed by atoms with Crippen LogP contribution in [-0.4, -0.2) is 39.7 Å². The molecule has 0 heterocycles. The zero-order valence-corrected chi connectivity index (χ0v) is 10.6. The molecule has 0 fully saturated rings. The summed E-state index contributed by atoms with van der Waals surface area (Å²) in [5.74, 6) is 0.386. The Morgan fingerprint density at radius 3 is 1.61 bits per heavy atom. The Labute approximate surface area is 106 Å². The van der Waals surface area contributed by atoms with E-state index in [9.17, 15) is 9.59 Å². The number of carbonyl (C=O) groups is 2. The van der Waals surface area contributed by atoms with Crippen molar-refractivity contribution < 1.29 is 28.5 Å². The zero-order valence-electron chi connectivity index (χ0n) is 10.6. The lowest BCUT2D eigenvalue weighted by molar-refractivity contribution is 0.0553. The van der Waals surface area contributed by atoms with Gasteiger partial charge in [0.25, 0.3) is 0 Å². The summed E-state index contributed by atoms with van der Waals surface area (Å²) < 4.78 is 18.5. The third kappa shape index (κ3) is 5.07. The highest BCUT2D eigenvalue weighted by Crippen LogP contribution is 2.22. The second-order valence-electron chi connectivity index (χ2n) is 4.01. The zero-order chi connectivity index (χ0) is 13.4. The van der Waals surface area contributed by atoms with Crippen molar-refractivity contribution in [1.29, 1.82) is 0 Å². The van der Waals surface area contributed by atoms with E-state index in [2.05, 4.69) is 9.47 Å². The van der Waals surface area contributed by atoms with Crippen LogP contribution in [0.5, 0.6) is 0 Å². The average Bonchev–Trinajstić information content (AvgIpc) is 2.43. The van der Waals surface area contributed by atoms with Crippen LogP contribution in [0.1, 0.15) is 12.8 Å². The molecule has 0 saturated carbocycles. The van der Waals surface area contributed by atoms with Gasteiger partial charge in [-0.05, 0) is 12.8 Å². The molecule has 0 amide bonds. The van der Waals surface area contributed by atoms with Gasteiger partial charge < -0.3 is 18.9 Å². The lowest BCUT2D eigenvalue weighted by Crippen LogP contribution is -2.20. The van der Waals surface area contributed by atoms with E-state index >= 15 is 0 Å². The Morgan fingerprint density at radius 1 is 0.944 bits per heavy atom. The van der Waals surface area contributed by atoms with Crippen molar-refractivity contribution in [2.75, 3.05) is 27.4 Å². The molecule has 6 heteroatoms. The number of carbonyl (C=O) groups excluding carboxylic acids is 2. The summed E-state index contributed by atoms with van der Waals surface area (Å²) in [4.78, 5) is 21.6. The summed E-state index contributed by atoms with van der Waals surface area (Å²) in [5.41, 5.74) is 0. The van der Waals surface area contributed by atoms with Gasteiger partial charge in [-0.1, -0.05) is 12.2 Å². The predicted molar refractivity (Wildman–Crippen MR) is 62.1 cm³/mol. The van der Waals surface area contributed by atoms with Crippen LogP contribution in [0.25, 0.3) is 0 Å². The van der Waals surface area contributed by atoms with Crippen molar-refractivity contribution >= 4 is 12.3 Å². The molecule has 0 aromatic carbocycles. The van der Waals surface area contributed by atoms with Crippen LogP contribution >= 0.6 is 0 Å². The molecule has 18 heavy (non-hydrogen) atoms. The minimum absolute atomic E-state index is 0.193. The molecule has 0 unspecified atom stereocenters. The summed E-state index contributed by atoms with van der Waals surface area (Å²) in [6, 6.07) is 0. The van der Waals surface area contributed by atoms with E-state index in [1.54, 1.807) is 0 Å². The van der Waals surface area contributed by atoms with Gasteiger partial charge in [0, 0.05) is 11.8 Å². The van der Waals surface area contributed by atoms with E-state index < -0.39 is 12.3 Å². The lowest BCUT2D eigenvalue weighted by atomic mass is 9.89. The summed E-state index contributed by atoms with van der Waals surface area (Å²) in [5, 5.41) is 0. The largest absolute Gasteiger partial charge is 0.507 e. The number of hydrogen-bond donors (Lipinski definition) is 0. The van der Waals surface area contributed by atoms with Crippen LogP contribution in [0, 0.1) is 11.8 Å².